The molecular weight excluding hydrogens is 336 g/mol. The predicted molar refractivity (Wildman–Crippen MR) is 95.5 cm³/mol. The van der Waals surface area contributed by atoms with Gasteiger partial charge in [0.1, 0.15) is 11.5 Å². The third-order valence-electron chi connectivity index (χ3n) is 3.73. The van der Waals surface area contributed by atoms with Gasteiger partial charge < -0.3 is 9.84 Å². The number of phenolic OH excluding ortho intramolecular Hbond substituents is 1. The molecule has 1 N–H and O–H groups in total. The maximum atomic E-state index is 12.9. The molecule has 0 spiro atoms. The van der Waals surface area contributed by atoms with Crippen LogP contribution in [0.15, 0.2) is 47.4 Å². The first-order valence-corrected chi connectivity index (χ1v) is 8.86. The zero-order chi connectivity index (χ0) is 18.0. The molecule has 1 fully saturated rings. The molecule has 5 radical (unpaired) electrons. The van der Waals surface area contributed by atoms with Crippen LogP contribution >= 0.6 is 0 Å². The Balaban J connectivity index is 1.89. The van der Waals surface area contributed by atoms with E-state index in [1.807, 2.05) is 31.2 Å². The number of esters is 1. The average molecular weight is 353 g/mol. The third kappa shape index (κ3) is 3.93. The summed E-state index contributed by atoms with van der Waals surface area (Å²) in [5.74, 6) is 0.561. The van der Waals surface area contributed by atoms with E-state index in [1.54, 1.807) is 25.3 Å². The predicted octanol–water partition coefficient (Wildman–Crippen LogP) is 3.51. The summed E-state index contributed by atoms with van der Waals surface area (Å²) in [5.41, 5.74) is 1.56. The molecule has 2 aromatic carbocycles. The second kappa shape index (κ2) is 7.40. The lowest BCUT2D eigenvalue weighted by molar-refractivity contribution is -0.131. The summed E-state index contributed by atoms with van der Waals surface area (Å²) < 4.78 is 18.0. The Kier molecular flexibility index (Phi) is 5.23. The van der Waals surface area contributed by atoms with Gasteiger partial charge in [0.05, 0.1) is 16.0 Å². The molecule has 1 saturated carbocycles. The summed E-state index contributed by atoms with van der Waals surface area (Å²) in [6.45, 7) is 3.28. The number of carbonyl (C=O) groups excluding carboxylic acids is 1. The van der Waals surface area contributed by atoms with Crippen molar-refractivity contribution in [3.05, 3.63) is 84.0 Å². The lowest BCUT2D eigenvalue weighted by Gasteiger charge is -2.19. The molecule has 0 amide bonds. The number of phenols is 1. The van der Waals surface area contributed by atoms with Crippen molar-refractivity contribution in [3.63, 3.8) is 0 Å². The second-order valence-corrected chi connectivity index (χ2v) is 7.11. The van der Waals surface area contributed by atoms with Gasteiger partial charge in [0, 0.05) is 23.3 Å². The van der Waals surface area contributed by atoms with Crippen molar-refractivity contribution in [2.75, 3.05) is 0 Å². The molecule has 4 nitrogen and oxygen atoms in total. The molecule has 0 aromatic heterocycles. The monoisotopic (exact) mass is 353 g/mol. The molecule has 0 saturated heterocycles. The van der Waals surface area contributed by atoms with Gasteiger partial charge in [-0.05, 0) is 56.5 Å². The smallest absolute Gasteiger partial charge is 0.308 e. The molecular formula is C20H17O4S. The number of benzene rings is 2. The van der Waals surface area contributed by atoms with Crippen LogP contribution in [-0.4, -0.2) is 15.3 Å². The molecule has 25 heavy (non-hydrogen) atoms. The molecule has 0 unspecified atom stereocenters. The highest BCUT2D eigenvalue weighted by molar-refractivity contribution is 7.88. The van der Waals surface area contributed by atoms with E-state index < -0.39 is 16.8 Å². The Morgan fingerprint density at radius 1 is 1.08 bits per heavy atom. The first-order valence-electron chi connectivity index (χ1n) is 7.71. The van der Waals surface area contributed by atoms with Crippen molar-refractivity contribution < 1.29 is 18.8 Å². The van der Waals surface area contributed by atoms with Gasteiger partial charge in [-0.15, -0.1) is 0 Å². The van der Waals surface area contributed by atoms with Crippen molar-refractivity contribution in [2.45, 2.75) is 18.7 Å². The van der Waals surface area contributed by atoms with Gasteiger partial charge in [0.25, 0.3) is 0 Å². The van der Waals surface area contributed by atoms with Crippen LogP contribution in [0.5, 0.6) is 11.5 Å². The maximum Gasteiger partial charge on any atom is 0.308 e. The largest absolute Gasteiger partial charge is 0.508 e. The minimum absolute atomic E-state index is 0.0317. The lowest BCUT2D eigenvalue weighted by Crippen LogP contribution is -2.13. The molecule has 1 aliphatic carbocycles. The van der Waals surface area contributed by atoms with Gasteiger partial charge in [0.2, 0.25) is 0 Å². The van der Waals surface area contributed by atoms with E-state index in [1.165, 1.54) is 19.1 Å². The Bertz CT molecular complexity index is 798. The quantitative estimate of drug-likeness (QED) is 0.675. The Hall–Kier alpha value is -2.14. The topological polar surface area (TPSA) is 63.6 Å². The highest BCUT2D eigenvalue weighted by Crippen LogP contribution is 2.45. The minimum Gasteiger partial charge on any atom is -0.508 e. The van der Waals surface area contributed by atoms with Gasteiger partial charge >= 0.3 is 5.97 Å². The second-order valence-electron chi connectivity index (χ2n) is 5.66. The molecule has 127 valence electrons. The summed E-state index contributed by atoms with van der Waals surface area (Å²) in [6, 6.07) is 12.0. The normalized spacial score (nSPS) is 16.7. The van der Waals surface area contributed by atoms with Crippen LogP contribution in [-0.2, 0) is 15.6 Å². The van der Waals surface area contributed by atoms with Crippen LogP contribution in [0, 0.1) is 37.4 Å². The van der Waals surface area contributed by atoms with E-state index >= 15 is 0 Å². The number of carbonyl (C=O) groups is 1. The number of hydrogen-bond acceptors (Lipinski definition) is 4. The van der Waals surface area contributed by atoms with E-state index in [-0.39, 0.29) is 5.75 Å². The number of hydrogen-bond donors (Lipinski definition) is 1. The van der Waals surface area contributed by atoms with Crippen molar-refractivity contribution in [3.8, 4) is 11.5 Å². The summed E-state index contributed by atoms with van der Waals surface area (Å²) >= 11 is 0. The zero-order valence-electron chi connectivity index (χ0n) is 13.9. The van der Waals surface area contributed by atoms with Crippen molar-refractivity contribution in [2.24, 2.45) is 0 Å². The standard InChI is InChI=1S/C20H17O4S/c1-13-6-9-16(10-7-13)25(23)20-5-3-4-17(20)18-12-15(24-14(2)21)8-11-19(18)22/h3-12,22H,1-2H3/t25-/m0/s1. The van der Waals surface area contributed by atoms with Crippen molar-refractivity contribution in [1.82, 2.24) is 0 Å². The lowest BCUT2D eigenvalue weighted by atomic mass is 9.96. The fourth-order valence-corrected chi connectivity index (χ4v) is 3.75. The summed E-state index contributed by atoms with van der Waals surface area (Å²) in [7, 11) is -1.38. The molecule has 1 aliphatic rings. The zero-order valence-corrected chi connectivity index (χ0v) is 14.7. The number of aromatic hydroxyl groups is 1. The Morgan fingerprint density at radius 3 is 2.48 bits per heavy atom. The minimum atomic E-state index is -1.38. The van der Waals surface area contributed by atoms with E-state index in [2.05, 4.69) is 0 Å². The van der Waals surface area contributed by atoms with Gasteiger partial charge in [-0.1, -0.05) is 17.7 Å². The van der Waals surface area contributed by atoms with Gasteiger partial charge in [0.15, 0.2) is 0 Å². The summed E-state index contributed by atoms with van der Waals surface area (Å²) in [5, 5.41) is 10.8. The third-order valence-corrected chi connectivity index (χ3v) is 5.19. The van der Waals surface area contributed by atoms with Gasteiger partial charge in [-0.3, -0.25) is 9.00 Å². The molecule has 3 rings (SSSR count). The molecule has 2 aromatic rings. The highest BCUT2D eigenvalue weighted by Gasteiger charge is 2.37. The molecule has 5 heteroatoms. The van der Waals surface area contributed by atoms with Crippen LogP contribution in [0.3, 0.4) is 0 Å². The van der Waals surface area contributed by atoms with E-state index in [9.17, 15) is 14.1 Å². The molecule has 0 bridgehead atoms. The SMILES string of the molecule is CC(=O)Oc1ccc(O)c([C]2[CH][CH][CH][C]2[S@@](=O)c2ccc(C)cc2)c1. The van der Waals surface area contributed by atoms with Gasteiger partial charge in [-0.25, -0.2) is 0 Å². The van der Waals surface area contributed by atoms with E-state index in [0.717, 1.165) is 5.56 Å². The van der Waals surface area contributed by atoms with E-state index in [0.29, 0.717) is 27.4 Å². The molecule has 1 atom stereocenters. The Morgan fingerprint density at radius 2 is 1.80 bits per heavy atom. The maximum absolute atomic E-state index is 12.9. The van der Waals surface area contributed by atoms with E-state index in [4.69, 9.17) is 4.74 Å². The van der Waals surface area contributed by atoms with Crippen LogP contribution in [0.1, 0.15) is 18.1 Å². The fraction of sp³-hybridized carbons (Fsp3) is 0.100. The molecule has 0 aliphatic heterocycles. The van der Waals surface area contributed by atoms with Crippen LogP contribution in [0.25, 0.3) is 0 Å². The Labute approximate surface area is 150 Å². The summed E-state index contributed by atoms with van der Waals surface area (Å²) in [4.78, 5) is 11.8. The first-order chi connectivity index (χ1) is 12.0. The van der Waals surface area contributed by atoms with Crippen LogP contribution in [0.2, 0.25) is 0 Å². The first kappa shape index (κ1) is 17.7. The van der Waals surface area contributed by atoms with Crippen LogP contribution in [0.4, 0.5) is 0 Å². The van der Waals surface area contributed by atoms with Crippen molar-refractivity contribution in [1.29, 1.82) is 0 Å². The highest BCUT2D eigenvalue weighted by atomic mass is 32.2. The number of rotatable bonds is 4. The fourth-order valence-electron chi connectivity index (χ4n) is 2.54. The van der Waals surface area contributed by atoms with Crippen LogP contribution < -0.4 is 4.74 Å². The number of ether oxygens (including phenoxy) is 1. The van der Waals surface area contributed by atoms with Gasteiger partial charge in [-0.2, -0.15) is 0 Å². The van der Waals surface area contributed by atoms with Crippen molar-refractivity contribution >= 4 is 16.8 Å². The number of aryl methyl sites for hydroxylation is 1. The summed E-state index contributed by atoms with van der Waals surface area (Å²) in [6.07, 6.45) is 5.34. The average Bonchev–Trinajstić information content (AvgIpc) is 3.05. The molecule has 0 heterocycles.